The van der Waals surface area contributed by atoms with Gasteiger partial charge in [0.1, 0.15) is 6.10 Å². The molecule has 96 valence electrons. The zero-order valence-electron chi connectivity index (χ0n) is 10.1. The van der Waals surface area contributed by atoms with Gasteiger partial charge in [-0.1, -0.05) is 11.6 Å². The zero-order valence-corrected chi connectivity index (χ0v) is 10.9. The first-order chi connectivity index (χ1) is 8.65. The van der Waals surface area contributed by atoms with Gasteiger partial charge in [0.25, 0.3) is 0 Å². The van der Waals surface area contributed by atoms with Crippen molar-refractivity contribution < 1.29 is 9.47 Å². The number of nitrogens with two attached hydrogens (primary N) is 1. The Morgan fingerprint density at radius 3 is 2.78 bits per heavy atom. The minimum absolute atomic E-state index is 0.0291. The molecule has 0 amide bonds. The van der Waals surface area contributed by atoms with Crippen LogP contribution < -0.4 is 15.2 Å². The average molecular weight is 267 g/mol. The van der Waals surface area contributed by atoms with Crippen LogP contribution in [0, 0.1) is 11.3 Å². The Bertz CT molecular complexity index is 485. The molecule has 1 saturated carbocycles. The minimum Gasteiger partial charge on any atom is -0.493 e. The van der Waals surface area contributed by atoms with Gasteiger partial charge < -0.3 is 15.2 Å². The molecule has 1 aromatic rings. The molecule has 2 atom stereocenters. The maximum atomic E-state index is 8.87. The van der Waals surface area contributed by atoms with Crippen molar-refractivity contribution >= 4 is 11.6 Å². The summed E-state index contributed by atoms with van der Waals surface area (Å²) in [6.45, 7) is 0. The molecule has 0 radical (unpaired) electrons. The van der Waals surface area contributed by atoms with E-state index in [1.165, 1.54) is 7.11 Å². The molecule has 0 bridgehead atoms. The van der Waals surface area contributed by atoms with Crippen molar-refractivity contribution in [3.05, 3.63) is 22.7 Å². The Morgan fingerprint density at radius 2 is 2.22 bits per heavy atom. The fourth-order valence-corrected chi connectivity index (χ4v) is 2.41. The highest BCUT2D eigenvalue weighted by atomic mass is 35.5. The summed E-state index contributed by atoms with van der Waals surface area (Å²) in [6.07, 6.45) is 2.90. The summed E-state index contributed by atoms with van der Waals surface area (Å²) in [5, 5.41) is 9.25. The van der Waals surface area contributed by atoms with E-state index in [0.29, 0.717) is 22.1 Å². The van der Waals surface area contributed by atoms with E-state index in [4.69, 9.17) is 32.1 Å². The molecule has 2 unspecified atom stereocenters. The van der Waals surface area contributed by atoms with Crippen LogP contribution in [-0.4, -0.2) is 19.3 Å². The summed E-state index contributed by atoms with van der Waals surface area (Å²) in [5.41, 5.74) is 6.41. The molecule has 4 nitrogen and oxygen atoms in total. The molecule has 2 rings (SSSR count). The van der Waals surface area contributed by atoms with Gasteiger partial charge in [-0.3, -0.25) is 0 Å². The van der Waals surface area contributed by atoms with Crippen molar-refractivity contribution in [1.29, 1.82) is 5.26 Å². The van der Waals surface area contributed by atoms with Crippen LogP contribution in [0.15, 0.2) is 12.1 Å². The molecule has 1 fully saturated rings. The quantitative estimate of drug-likeness (QED) is 0.913. The van der Waals surface area contributed by atoms with Crippen molar-refractivity contribution in [3.63, 3.8) is 0 Å². The highest BCUT2D eigenvalue weighted by Crippen LogP contribution is 2.38. The number of hydrogen-bond acceptors (Lipinski definition) is 4. The Kier molecular flexibility index (Phi) is 3.95. The van der Waals surface area contributed by atoms with Crippen LogP contribution in [0.25, 0.3) is 0 Å². The number of nitriles is 1. The number of ether oxygens (including phenoxy) is 2. The molecular formula is C13H15ClN2O2. The van der Waals surface area contributed by atoms with Gasteiger partial charge in [-0.15, -0.1) is 0 Å². The smallest absolute Gasteiger partial charge is 0.180 e. The lowest BCUT2D eigenvalue weighted by atomic mass is 10.2. The monoisotopic (exact) mass is 266 g/mol. The maximum absolute atomic E-state index is 8.87. The van der Waals surface area contributed by atoms with Crippen molar-refractivity contribution in [2.45, 2.75) is 31.4 Å². The van der Waals surface area contributed by atoms with Crippen LogP contribution in [0.2, 0.25) is 5.02 Å². The van der Waals surface area contributed by atoms with Crippen LogP contribution in [0.5, 0.6) is 11.5 Å². The summed E-state index contributed by atoms with van der Waals surface area (Å²) in [6, 6.07) is 5.24. The highest BCUT2D eigenvalue weighted by molar-refractivity contribution is 6.32. The van der Waals surface area contributed by atoms with E-state index in [-0.39, 0.29) is 12.1 Å². The van der Waals surface area contributed by atoms with Crippen molar-refractivity contribution in [2.75, 3.05) is 7.11 Å². The van der Waals surface area contributed by atoms with E-state index < -0.39 is 0 Å². The number of rotatable bonds is 3. The van der Waals surface area contributed by atoms with Crippen molar-refractivity contribution in [1.82, 2.24) is 0 Å². The lowest BCUT2D eigenvalue weighted by Gasteiger charge is -2.20. The van der Waals surface area contributed by atoms with E-state index in [0.717, 1.165) is 19.3 Å². The molecule has 0 aromatic heterocycles. The summed E-state index contributed by atoms with van der Waals surface area (Å²) >= 11 is 6.12. The van der Waals surface area contributed by atoms with Crippen molar-refractivity contribution in [2.24, 2.45) is 5.73 Å². The summed E-state index contributed by atoms with van der Waals surface area (Å²) in [5.74, 6) is 0.943. The Balaban J connectivity index is 2.29. The van der Waals surface area contributed by atoms with Gasteiger partial charge in [-0.2, -0.15) is 5.26 Å². The Labute approximate surface area is 111 Å². The number of halogens is 1. The molecule has 0 aliphatic heterocycles. The Morgan fingerprint density at radius 1 is 1.44 bits per heavy atom. The molecule has 2 N–H and O–H groups in total. The molecule has 18 heavy (non-hydrogen) atoms. The number of hydrogen-bond donors (Lipinski definition) is 1. The van der Waals surface area contributed by atoms with Crippen molar-refractivity contribution in [3.8, 4) is 17.6 Å². The van der Waals surface area contributed by atoms with Crippen LogP contribution in [0.4, 0.5) is 0 Å². The van der Waals surface area contributed by atoms with Crippen LogP contribution in [0.1, 0.15) is 24.8 Å². The summed E-state index contributed by atoms with van der Waals surface area (Å²) in [7, 11) is 1.52. The lowest BCUT2D eigenvalue weighted by molar-refractivity contribution is 0.184. The first-order valence-corrected chi connectivity index (χ1v) is 6.23. The fourth-order valence-electron chi connectivity index (χ4n) is 2.15. The second-order valence-electron chi connectivity index (χ2n) is 4.35. The topological polar surface area (TPSA) is 68.3 Å². The molecule has 1 aliphatic rings. The zero-order chi connectivity index (χ0) is 13.1. The third kappa shape index (κ3) is 2.53. The predicted octanol–water partition coefficient (Wildman–Crippen LogP) is 2.48. The summed E-state index contributed by atoms with van der Waals surface area (Å²) < 4.78 is 11.1. The minimum atomic E-state index is -0.0377. The van der Waals surface area contributed by atoms with Gasteiger partial charge in [0.15, 0.2) is 11.5 Å². The molecule has 0 spiro atoms. The second kappa shape index (κ2) is 5.47. The SMILES string of the molecule is COc1cc(C#N)cc(Cl)c1OC1CCCC1N. The largest absolute Gasteiger partial charge is 0.493 e. The van der Waals surface area contributed by atoms with E-state index in [1.54, 1.807) is 12.1 Å². The average Bonchev–Trinajstić information content (AvgIpc) is 2.77. The first-order valence-electron chi connectivity index (χ1n) is 5.85. The van der Waals surface area contributed by atoms with Gasteiger partial charge >= 0.3 is 0 Å². The molecule has 5 heteroatoms. The second-order valence-corrected chi connectivity index (χ2v) is 4.76. The molecule has 0 heterocycles. The van der Waals surface area contributed by atoms with Gasteiger partial charge in [0.05, 0.1) is 23.8 Å². The number of benzene rings is 1. The molecule has 0 saturated heterocycles. The molecular weight excluding hydrogens is 252 g/mol. The van der Waals surface area contributed by atoms with Gasteiger partial charge in [0.2, 0.25) is 0 Å². The van der Waals surface area contributed by atoms with Crippen LogP contribution in [0.3, 0.4) is 0 Å². The van der Waals surface area contributed by atoms with E-state index >= 15 is 0 Å². The first kappa shape index (κ1) is 13.0. The number of methoxy groups -OCH3 is 1. The third-order valence-electron chi connectivity index (χ3n) is 3.13. The normalized spacial score (nSPS) is 22.6. The van der Waals surface area contributed by atoms with E-state index in [9.17, 15) is 0 Å². The lowest BCUT2D eigenvalue weighted by Crippen LogP contribution is -2.33. The summed E-state index contributed by atoms with van der Waals surface area (Å²) in [4.78, 5) is 0. The van der Waals surface area contributed by atoms with Gasteiger partial charge in [0, 0.05) is 12.1 Å². The van der Waals surface area contributed by atoms with Gasteiger partial charge in [-0.25, -0.2) is 0 Å². The fraction of sp³-hybridized carbons (Fsp3) is 0.462. The van der Waals surface area contributed by atoms with E-state index in [2.05, 4.69) is 0 Å². The Hall–Kier alpha value is -1.44. The maximum Gasteiger partial charge on any atom is 0.180 e. The third-order valence-corrected chi connectivity index (χ3v) is 3.41. The predicted molar refractivity (Wildman–Crippen MR) is 69.0 cm³/mol. The van der Waals surface area contributed by atoms with E-state index in [1.807, 2.05) is 6.07 Å². The van der Waals surface area contributed by atoms with Gasteiger partial charge in [-0.05, 0) is 25.3 Å². The standard InChI is InChI=1S/C13H15ClN2O2/c1-17-12-6-8(7-15)5-9(14)13(12)18-11-4-2-3-10(11)16/h5-6,10-11H,2-4,16H2,1H3. The molecule has 1 aromatic carbocycles. The number of nitrogens with zero attached hydrogens (tertiary/aromatic N) is 1. The molecule has 1 aliphatic carbocycles. The van der Waals surface area contributed by atoms with Crippen LogP contribution >= 0.6 is 11.6 Å². The highest BCUT2D eigenvalue weighted by Gasteiger charge is 2.27. The van der Waals surface area contributed by atoms with Crippen LogP contribution in [-0.2, 0) is 0 Å².